The summed E-state index contributed by atoms with van der Waals surface area (Å²) in [5, 5.41) is 3.48. The minimum Gasteiger partial charge on any atom is -0.454 e. The summed E-state index contributed by atoms with van der Waals surface area (Å²) in [4.78, 5) is 32.8. The lowest BCUT2D eigenvalue weighted by atomic mass is 9.95. The topological polar surface area (TPSA) is 90.0 Å². The summed E-state index contributed by atoms with van der Waals surface area (Å²) in [6.07, 6.45) is 1.82. The first kappa shape index (κ1) is 21.2. The number of nitrogens with one attached hydrogen (secondary N) is 1. The number of anilines is 1. The minimum atomic E-state index is -0.510. The lowest BCUT2D eigenvalue weighted by Crippen LogP contribution is -2.33. The van der Waals surface area contributed by atoms with Crippen LogP contribution in [0.25, 0.3) is 10.9 Å². The molecule has 8 heteroatoms. The summed E-state index contributed by atoms with van der Waals surface area (Å²) in [7, 11) is 0. The Morgan fingerprint density at radius 2 is 2.00 bits per heavy atom. The number of hydrogen-bond acceptors (Lipinski definition) is 7. The van der Waals surface area contributed by atoms with Gasteiger partial charge in [0.2, 0.25) is 6.79 Å². The molecule has 0 saturated heterocycles. The van der Waals surface area contributed by atoms with Crippen LogP contribution in [0.5, 0.6) is 11.5 Å². The number of carbonyl (C=O) groups is 2. The molecule has 170 valence electrons. The van der Waals surface area contributed by atoms with Crippen LogP contribution in [0.4, 0.5) is 5.69 Å². The third kappa shape index (κ3) is 4.34. The first-order valence-corrected chi connectivity index (χ1v) is 11.1. The second-order valence-electron chi connectivity index (χ2n) is 8.15. The van der Waals surface area contributed by atoms with Gasteiger partial charge in [0.15, 0.2) is 18.1 Å². The summed E-state index contributed by atoms with van der Waals surface area (Å²) in [6, 6.07) is 12.7. The van der Waals surface area contributed by atoms with Gasteiger partial charge in [-0.1, -0.05) is 25.1 Å². The van der Waals surface area contributed by atoms with E-state index in [1.807, 2.05) is 24.3 Å². The maximum absolute atomic E-state index is 13.2. The quantitative estimate of drug-likeness (QED) is 0.578. The van der Waals surface area contributed by atoms with Crippen LogP contribution in [0.1, 0.15) is 35.0 Å². The van der Waals surface area contributed by atoms with Gasteiger partial charge in [-0.05, 0) is 31.2 Å². The minimum absolute atomic E-state index is 0.157. The van der Waals surface area contributed by atoms with Gasteiger partial charge in [0.25, 0.3) is 5.91 Å². The van der Waals surface area contributed by atoms with E-state index in [2.05, 4.69) is 17.1 Å². The van der Waals surface area contributed by atoms with E-state index >= 15 is 0 Å². The number of carbonyl (C=O) groups excluding carboxylic acids is 2. The van der Waals surface area contributed by atoms with Crippen molar-refractivity contribution >= 4 is 28.5 Å². The van der Waals surface area contributed by atoms with E-state index in [-0.39, 0.29) is 6.79 Å². The average molecular weight is 447 g/mol. The summed E-state index contributed by atoms with van der Waals surface area (Å²) < 4.78 is 16.1. The fourth-order valence-electron chi connectivity index (χ4n) is 4.36. The highest BCUT2D eigenvalue weighted by Crippen LogP contribution is 2.34. The molecule has 0 unspecified atom stereocenters. The molecule has 0 saturated carbocycles. The number of fused-ring (bicyclic) bond motifs is 3. The Hall–Kier alpha value is -3.65. The Balaban J connectivity index is 1.34. The van der Waals surface area contributed by atoms with Gasteiger partial charge in [0.1, 0.15) is 0 Å². The van der Waals surface area contributed by atoms with Gasteiger partial charge in [-0.3, -0.25) is 14.7 Å². The molecule has 33 heavy (non-hydrogen) atoms. The van der Waals surface area contributed by atoms with Crippen molar-refractivity contribution in [3.05, 3.63) is 59.3 Å². The number of pyridine rings is 1. The van der Waals surface area contributed by atoms with Crippen molar-refractivity contribution in [2.24, 2.45) is 0 Å². The number of ether oxygens (including phenoxy) is 3. The van der Waals surface area contributed by atoms with Crippen LogP contribution in [-0.4, -0.2) is 48.2 Å². The molecule has 0 fully saturated rings. The molecule has 0 spiro atoms. The summed E-state index contributed by atoms with van der Waals surface area (Å²) in [6.45, 7) is 4.43. The molecule has 1 amide bonds. The molecule has 0 bridgehead atoms. The van der Waals surface area contributed by atoms with Crippen molar-refractivity contribution in [3.8, 4) is 11.5 Å². The van der Waals surface area contributed by atoms with Gasteiger partial charge in [0.05, 0.1) is 11.1 Å². The van der Waals surface area contributed by atoms with Crippen molar-refractivity contribution in [1.82, 2.24) is 9.88 Å². The number of amides is 1. The van der Waals surface area contributed by atoms with Crippen LogP contribution in [0, 0.1) is 0 Å². The zero-order valence-electron chi connectivity index (χ0n) is 18.4. The first-order chi connectivity index (χ1) is 16.1. The molecule has 0 aliphatic carbocycles. The molecular formula is C25H25N3O5. The molecule has 0 atom stereocenters. The predicted molar refractivity (Wildman–Crippen MR) is 122 cm³/mol. The molecular weight excluding hydrogens is 422 g/mol. The number of esters is 1. The van der Waals surface area contributed by atoms with Crippen LogP contribution in [-0.2, 0) is 22.5 Å². The third-order valence-corrected chi connectivity index (χ3v) is 5.86. The Bertz CT molecular complexity index is 1230. The van der Waals surface area contributed by atoms with Gasteiger partial charge < -0.3 is 19.5 Å². The van der Waals surface area contributed by atoms with Gasteiger partial charge in [-0.25, -0.2) is 4.79 Å². The van der Waals surface area contributed by atoms with Gasteiger partial charge in [-0.2, -0.15) is 0 Å². The molecule has 1 aromatic heterocycles. The standard InChI is InChI=1S/C25H25N3O5/c1-2-10-28-11-9-20-18(13-28)24(17-5-3-4-6-19(17)27-20)25(30)31-14-23(29)26-16-7-8-21-22(12-16)33-15-32-21/h3-8,12H,2,9-11,13-15H2,1H3,(H,26,29). The van der Waals surface area contributed by atoms with Crippen LogP contribution in [0.2, 0.25) is 0 Å². The normalized spacial score (nSPS) is 14.7. The molecule has 2 aliphatic heterocycles. The molecule has 3 heterocycles. The van der Waals surface area contributed by atoms with Gasteiger partial charge in [0, 0.05) is 47.9 Å². The molecule has 2 aliphatic rings. The molecule has 1 N–H and O–H groups in total. The SMILES string of the molecule is CCCN1CCc2nc3ccccc3c(C(=O)OCC(=O)Nc3ccc4c(c3)OCO4)c2C1. The van der Waals surface area contributed by atoms with E-state index in [0.717, 1.165) is 48.1 Å². The van der Waals surface area contributed by atoms with E-state index in [4.69, 9.17) is 19.2 Å². The van der Waals surface area contributed by atoms with E-state index in [1.165, 1.54) is 0 Å². The number of para-hydroxylation sites is 1. The van der Waals surface area contributed by atoms with Crippen molar-refractivity contribution in [2.75, 3.05) is 31.8 Å². The summed E-state index contributed by atoms with van der Waals surface area (Å²) >= 11 is 0. The van der Waals surface area contributed by atoms with Crippen LogP contribution >= 0.6 is 0 Å². The van der Waals surface area contributed by atoms with Crippen molar-refractivity contribution < 1.29 is 23.8 Å². The predicted octanol–water partition coefficient (Wildman–Crippen LogP) is 3.53. The lowest BCUT2D eigenvalue weighted by Gasteiger charge is -2.29. The van der Waals surface area contributed by atoms with E-state index in [9.17, 15) is 9.59 Å². The van der Waals surface area contributed by atoms with Gasteiger partial charge >= 0.3 is 5.97 Å². The Morgan fingerprint density at radius 3 is 2.88 bits per heavy atom. The lowest BCUT2D eigenvalue weighted by molar-refractivity contribution is -0.119. The highest BCUT2D eigenvalue weighted by atomic mass is 16.7. The number of nitrogens with zero attached hydrogens (tertiary/aromatic N) is 2. The fraction of sp³-hybridized carbons (Fsp3) is 0.320. The first-order valence-electron chi connectivity index (χ1n) is 11.1. The smallest absolute Gasteiger partial charge is 0.339 e. The third-order valence-electron chi connectivity index (χ3n) is 5.86. The Labute approximate surface area is 191 Å². The average Bonchev–Trinajstić information content (AvgIpc) is 3.29. The van der Waals surface area contributed by atoms with Crippen molar-refractivity contribution in [1.29, 1.82) is 0 Å². The summed E-state index contributed by atoms with van der Waals surface area (Å²) in [5.74, 6) is 0.258. The second-order valence-corrected chi connectivity index (χ2v) is 8.15. The Kier molecular flexibility index (Phi) is 5.83. The number of benzene rings is 2. The largest absolute Gasteiger partial charge is 0.454 e. The van der Waals surface area contributed by atoms with Crippen LogP contribution < -0.4 is 14.8 Å². The van der Waals surface area contributed by atoms with Crippen molar-refractivity contribution in [2.45, 2.75) is 26.3 Å². The maximum atomic E-state index is 13.2. The zero-order chi connectivity index (χ0) is 22.8. The van der Waals surface area contributed by atoms with Gasteiger partial charge in [-0.15, -0.1) is 0 Å². The maximum Gasteiger partial charge on any atom is 0.339 e. The second kappa shape index (κ2) is 9.07. The number of aromatic nitrogens is 1. The van der Waals surface area contributed by atoms with E-state index in [0.29, 0.717) is 29.3 Å². The molecule has 5 rings (SSSR count). The monoisotopic (exact) mass is 447 g/mol. The zero-order valence-corrected chi connectivity index (χ0v) is 18.4. The van der Waals surface area contributed by atoms with E-state index < -0.39 is 18.5 Å². The summed E-state index contributed by atoms with van der Waals surface area (Å²) in [5.41, 5.74) is 3.64. The Morgan fingerprint density at radius 1 is 1.15 bits per heavy atom. The molecule has 2 aromatic carbocycles. The molecule has 3 aromatic rings. The van der Waals surface area contributed by atoms with Crippen LogP contribution in [0.15, 0.2) is 42.5 Å². The van der Waals surface area contributed by atoms with Crippen LogP contribution in [0.3, 0.4) is 0 Å². The molecule has 0 radical (unpaired) electrons. The number of hydrogen-bond donors (Lipinski definition) is 1. The van der Waals surface area contributed by atoms with E-state index in [1.54, 1.807) is 18.2 Å². The van der Waals surface area contributed by atoms with Crippen molar-refractivity contribution in [3.63, 3.8) is 0 Å². The highest BCUT2D eigenvalue weighted by Gasteiger charge is 2.26. The number of rotatable bonds is 6. The highest BCUT2D eigenvalue weighted by molar-refractivity contribution is 6.06. The molecule has 8 nitrogen and oxygen atoms in total. The fourth-order valence-corrected chi connectivity index (χ4v) is 4.36.